The lowest BCUT2D eigenvalue weighted by atomic mass is 9.84. The fraction of sp³-hybridized carbons (Fsp3) is 0.913. The molecular weight excluding hydrogens is 519 g/mol. The van der Waals surface area contributed by atoms with Crippen LogP contribution >= 0.6 is 24.0 Å². The molecule has 3 N–H and O–H groups in total. The number of ether oxygens (including phenoxy) is 1. The minimum absolute atomic E-state index is 0. The predicted molar refractivity (Wildman–Crippen MR) is 143 cm³/mol. The molecule has 0 spiro atoms. The van der Waals surface area contributed by atoms with Crippen LogP contribution in [0.5, 0.6) is 0 Å². The van der Waals surface area contributed by atoms with Gasteiger partial charge in [0.2, 0.25) is 0 Å². The highest BCUT2D eigenvalue weighted by Crippen LogP contribution is 2.31. The summed E-state index contributed by atoms with van der Waals surface area (Å²) in [6, 6.07) is 0. The van der Waals surface area contributed by atoms with E-state index in [4.69, 9.17) is 9.73 Å². The summed E-state index contributed by atoms with van der Waals surface area (Å²) in [5.74, 6) is 0.870. The molecule has 2 aliphatic rings. The molecule has 0 aliphatic carbocycles. The molecule has 0 aromatic rings. The number of nitrogens with zero attached hydrogens (tertiary/aromatic N) is 3. The van der Waals surface area contributed by atoms with E-state index in [0.29, 0.717) is 6.54 Å². The van der Waals surface area contributed by atoms with E-state index in [1.165, 1.54) is 45.2 Å². The molecule has 0 unspecified atom stereocenters. The second kappa shape index (κ2) is 14.5. The van der Waals surface area contributed by atoms with E-state index in [0.717, 1.165) is 45.1 Å². The molecule has 0 radical (unpaired) electrons. The summed E-state index contributed by atoms with van der Waals surface area (Å²) in [7, 11) is 2.22. The summed E-state index contributed by atoms with van der Waals surface area (Å²) in [4.78, 5) is 21.9. The fourth-order valence-corrected chi connectivity index (χ4v) is 4.35. The zero-order valence-corrected chi connectivity index (χ0v) is 23.3. The van der Waals surface area contributed by atoms with Crippen LogP contribution in [0, 0.1) is 0 Å². The van der Waals surface area contributed by atoms with E-state index in [9.17, 15) is 4.79 Å². The Balaban J connectivity index is 0.00000512. The van der Waals surface area contributed by atoms with Gasteiger partial charge in [-0.05, 0) is 93.0 Å². The van der Waals surface area contributed by atoms with Crippen LogP contribution in [0.25, 0.3) is 0 Å². The molecule has 2 aliphatic heterocycles. The quantitative estimate of drug-likeness (QED) is 0.182. The van der Waals surface area contributed by atoms with Gasteiger partial charge in [-0.15, -0.1) is 24.0 Å². The topological polar surface area (TPSA) is 81.2 Å². The maximum Gasteiger partial charge on any atom is 0.407 e. The van der Waals surface area contributed by atoms with E-state index in [1.54, 1.807) is 0 Å². The number of amides is 1. The molecule has 9 heteroatoms. The molecule has 2 heterocycles. The smallest absolute Gasteiger partial charge is 0.407 e. The number of halogens is 1. The maximum absolute atomic E-state index is 11.7. The van der Waals surface area contributed by atoms with Crippen LogP contribution in [-0.2, 0) is 4.74 Å². The molecule has 188 valence electrons. The molecule has 0 atom stereocenters. The second-order valence-corrected chi connectivity index (χ2v) is 9.98. The van der Waals surface area contributed by atoms with Crippen molar-refractivity contribution in [2.45, 2.75) is 77.4 Å². The van der Waals surface area contributed by atoms with Crippen LogP contribution in [0.4, 0.5) is 4.79 Å². The summed E-state index contributed by atoms with van der Waals surface area (Å²) in [5.41, 5.74) is -0.279. The molecule has 32 heavy (non-hydrogen) atoms. The Morgan fingerprint density at radius 3 is 2.22 bits per heavy atom. The highest BCUT2D eigenvalue weighted by atomic mass is 127. The van der Waals surface area contributed by atoms with Gasteiger partial charge in [-0.1, -0.05) is 6.42 Å². The number of guanidine groups is 1. The predicted octanol–water partition coefficient (Wildman–Crippen LogP) is 3.02. The second-order valence-electron chi connectivity index (χ2n) is 9.98. The fourth-order valence-electron chi connectivity index (χ4n) is 4.35. The Labute approximate surface area is 212 Å². The van der Waals surface area contributed by atoms with Crippen LogP contribution in [0.3, 0.4) is 0 Å². The van der Waals surface area contributed by atoms with Gasteiger partial charge < -0.3 is 25.6 Å². The first-order valence-electron chi connectivity index (χ1n) is 12.2. The standard InChI is InChI=1S/C23H46N6O2.HI/c1-6-24-20(25-13-10-14-26-21(30)31-22(2,3)4)27-19-23(11-17-28(5)18-12-23)29-15-8-7-9-16-29;/h6-19H2,1-5H3,(H,26,30)(H2,24,25,27);1H. The maximum atomic E-state index is 11.7. The van der Waals surface area contributed by atoms with Gasteiger partial charge in [-0.2, -0.15) is 0 Å². The van der Waals surface area contributed by atoms with Crippen molar-refractivity contribution >= 4 is 36.0 Å². The number of rotatable bonds is 8. The SMILES string of the molecule is CCNC(=NCC1(N2CCCCC2)CCN(C)CC1)NCCCNC(=O)OC(C)(C)C.I. The van der Waals surface area contributed by atoms with Gasteiger partial charge >= 0.3 is 6.09 Å². The van der Waals surface area contributed by atoms with Gasteiger partial charge in [0.25, 0.3) is 0 Å². The number of carbonyl (C=O) groups is 1. The molecule has 2 rings (SSSR count). The van der Waals surface area contributed by atoms with Crippen molar-refractivity contribution in [2.24, 2.45) is 4.99 Å². The molecule has 0 bridgehead atoms. The van der Waals surface area contributed by atoms with Crippen LogP contribution in [0.2, 0.25) is 0 Å². The van der Waals surface area contributed by atoms with E-state index >= 15 is 0 Å². The third-order valence-corrected chi connectivity index (χ3v) is 6.13. The molecule has 0 aromatic carbocycles. The molecule has 1 amide bonds. The van der Waals surface area contributed by atoms with Gasteiger partial charge in [0, 0.05) is 25.2 Å². The monoisotopic (exact) mass is 566 g/mol. The summed E-state index contributed by atoms with van der Waals surface area (Å²) in [6.07, 6.45) is 6.80. The van der Waals surface area contributed by atoms with E-state index in [2.05, 4.69) is 39.7 Å². The Bertz CT molecular complexity index is 567. The average molecular weight is 567 g/mol. The Hall–Kier alpha value is -0.810. The van der Waals surface area contributed by atoms with Gasteiger partial charge in [-0.3, -0.25) is 9.89 Å². The minimum atomic E-state index is -0.467. The Morgan fingerprint density at radius 2 is 1.62 bits per heavy atom. The number of likely N-dealkylation sites (tertiary alicyclic amines) is 2. The number of alkyl carbamates (subject to hydrolysis) is 1. The highest BCUT2D eigenvalue weighted by molar-refractivity contribution is 14.0. The van der Waals surface area contributed by atoms with Crippen molar-refractivity contribution in [3.63, 3.8) is 0 Å². The number of hydrogen-bond acceptors (Lipinski definition) is 5. The first kappa shape index (κ1) is 29.2. The number of carbonyl (C=O) groups excluding carboxylic acids is 1. The molecule has 2 saturated heterocycles. The van der Waals surface area contributed by atoms with Crippen LogP contribution in [0.1, 0.15) is 66.2 Å². The summed E-state index contributed by atoms with van der Waals surface area (Å²) in [6.45, 7) is 15.4. The number of nitrogens with one attached hydrogen (secondary N) is 3. The van der Waals surface area contributed by atoms with Crippen molar-refractivity contribution in [2.75, 3.05) is 59.4 Å². The van der Waals surface area contributed by atoms with Crippen molar-refractivity contribution < 1.29 is 9.53 Å². The van der Waals surface area contributed by atoms with Crippen LogP contribution < -0.4 is 16.0 Å². The van der Waals surface area contributed by atoms with Crippen molar-refractivity contribution in [1.29, 1.82) is 0 Å². The Kier molecular flexibility index (Phi) is 13.2. The van der Waals surface area contributed by atoms with Gasteiger partial charge in [-0.25, -0.2) is 4.79 Å². The zero-order chi connectivity index (χ0) is 22.7. The molecule has 0 aromatic heterocycles. The molecular formula is C23H47IN6O2. The van der Waals surface area contributed by atoms with Crippen molar-refractivity contribution in [3.05, 3.63) is 0 Å². The largest absolute Gasteiger partial charge is 0.444 e. The van der Waals surface area contributed by atoms with Crippen LogP contribution in [0.15, 0.2) is 4.99 Å². The lowest BCUT2D eigenvalue weighted by Gasteiger charge is -2.49. The van der Waals surface area contributed by atoms with E-state index in [-0.39, 0.29) is 35.6 Å². The van der Waals surface area contributed by atoms with Gasteiger partial charge in [0.1, 0.15) is 5.60 Å². The van der Waals surface area contributed by atoms with Crippen molar-refractivity contribution in [3.8, 4) is 0 Å². The van der Waals surface area contributed by atoms with Crippen LogP contribution in [-0.4, -0.2) is 92.4 Å². The third-order valence-electron chi connectivity index (χ3n) is 6.13. The summed E-state index contributed by atoms with van der Waals surface area (Å²) in [5, 5.41) is 9.62. The lowest BCUT2D eigenvalue weighted by Crippen LogP contribution is -2.58. The van der Waals surface area contributed by atoms with Gasteiger partial charge in [0.05, 0.1) is 6.54 Å². The van der Waals surface area contributed by atoms with E-state index in [1.807, 2.05) is 20.8 Å². The number of aliphatic imine (C=N–C) groups is 1. The molecule has 0 saturated carbocycles. The number of piperidine rings is 2. The first-order chi connectivity index (χ1) is 14.7. The van der Waals surface area contributed by atoms with Gasteiger partial charge in [0.15, 0.2) is 5.96 Å². The normalized spacial score (nSPS) is 20.2. The Morgan fingerprint density at radius 1 is 1.00 bits per heavy atom. The first-order valence-corrected chi connectivity index (χ1v) is 12.2. The minimum Gasteiger partial charge on any atom is -0.444 e. The lowest BCUT2D eigenvalue weighted by molar-refractivity contribution is 0.0208. The summed E-state index contributed by atoms with van der Waals surface area (Å²) >= 11 is 0. The summed E-state index contributed by atoms with van der Waals surface area (Å²) < 4.78 is 5.27. The van der Waals surface area contributed by atoms with Crippen molar-refractivity contribution in [1.82, 2.24) is 25.8 Å². The third kappa shape index (κ3) is 10.4. The average Bonchev–Trinajstić information content (AvgIpc) is 2.72. The molecule has 2 fully saturated rings. The highest BCUT2D eigenvalue weighted by Gasteiger charge is 2.39. The zero-order valence-electron chi connectivity index (χ0n) is 21.0. The molecule has 8 nitrogen and oxygen atoms in total. The van der Waals surface area contributed by atoms with E-state index < -0.39 is 5.60 Å². The number of hydrogen-bond donors (Lipinski definition) is 3.